The van der Waals surface area contributed by atoms with Crippen molar-refractivity contribution in [3.8, 4) is 5.88 Å². The summed E-state index contributed by atoms with van der Waals surface area (Å²) in [5.74, 6) is 1.69. The summed E-state index contributed by atoms with van der Waals surface area (Å²) in [5, 5.41) is 7.81. The highest BCUT2D eigenvalue weighted by molar-refractivity contribution is 6.16. The average Bonchev–Trinajstić information content (AvgIpc) is 2.25. The predicted molar refractivity (Wildman–Crippen MR) is 61.2 cm³/mol. The molecule has 0 atom stereocenters. The number of alkyl halides is 1. The van der Waals surface area contributed by atoms with Crippen LogP contribution in [0.4, 0.5) is 0 Å². The smallest absolute Gasteiger partial charge is 0.233 e. The Kier molecular flexibility index (Phi) is 5.40. The normalized spacial score (nSPS) is 10.7. The maximum Gasteiger partial charge on any atom is 0.233 e. The molecule has 0 spiro atoms. The third-order valence-electron chi connectivity index (χ3n) is 2.01. The van der Waals surface area contributed by atoms with E-state index in [1.165, 1.54) is 6.42 Å². The topological polar surface area (TPSA) is 35.0 Å². The van der Waals surface area contributed by atoms with Crippen LogP contribution in [0.15, 0.2) is 12.1 Å². The van der Waals surface area contributed by atoms with Crippen LogP contribution >= 0.6 is 11.6 Å². The molecule has 0 fully saturated rings. The largest absolute Gasteiger partial charge is 0.477 e. The van der Waals surface area contributed by atoms with Gasteiger partial charge >= 0.3 is 0 Å². The summed E-state index contributed by atoms with van der Waals surface area (Å²) in [6, 6.07) is 3.64. The van der Waals surface area contributed by atoms with E-state index >= 15 is 0 Å². The van der Waals surface area contributed by atoms with Crippen LogP contribution < -0.4 is 4.74 Å². The van der Waals surface area contributed by atoms with Crippen molar-refractivity contribution in [3.05, 3.63) is 17.8 Å². The Balaban J connectivity index is 2.25. The highest BCUT2D eigenvalue weighted by Gasteiger charge is 1.98. The molecule has 4 heteroatoms. The Labute approximate surface area is 95.8 Å². The number of aromatic nitrogens is 2. The van der Waals surface area contributed by atoms with Crippen LogP contribution in [0.1, 0.15) is 32.4 Å². The van der Waals surface area contributed by atoms with Crippen LogP contribution in [0.5, 0.6) is 5.88 Å². The van der Waals surface area contributed by atoms with Crippen LogP contribution in [-0.2, 0) is 5.88 Å². The second-order valence-corrected chi connectivity index (χ2v) is 4.15. The molecule has 1 rings (SSSR count). The SMILES string of the molecule is CC(C)CCCOc1ccc(CCl)nn1. The molecular weight excluding hydrogens is 212 g/mol. The van der Waals surface area contributed by atoms with Gasteiger partial charge in [-0.15, -0.1) is 16.7 Å². The predicted octanol–water partition coefficient (Wildman–Crippen LogP) is 3.03. The lowest BCUT2D eigenvalue weighted by Gasteiger charge is -2.06. The molecule has 1 aromatic rings. The van der Waals surface area contributed by atoms with Crippen molar-refractivity contribution in [2.75, 3.05) is 6.61 Å². The van der Waals surface area contributed by atoms with Crippen LogP contribution in [0.25, 0.3) is 0 Å². The van der Waals surface area contributed by atoms with Gasteiger partial charge in [0.2, 0.25) is 5.88 Å². The quantitative estimate of drug-likeness (QED) is 0.555. The Bertz CT molecular complexity index is 274. The first-order chi connectivity index (χ1) is 7.22. The molecule has 0 saturated heterocycles. The van der Waals surface area contributed by atoms with Crippen LogP contribution in [0, 0.1) is 5.92 Å². The molecule has 15 heavy (non-hydrogen) atoms. The highest BCUT2D eigenvalue weighted by atomic mass is 35.5. The van der Waals surface area contributed by atoms with E-state index in [4.69, 9.17) is 16.3 Å². The zero-order chi connectivity index (χ0) is 11.1. The molecule has 0 bridgehead atoms. The maximum atomic E-state index is 5.60. The molecule has 1 aromatic heterocycles. The first-order valence-electron chi connectivity index (χ1n) is 5.23. The summed E-state index contributed by atoms with van der Waals surface area (Å²) >= 11 is 5.60. The van der Waals surface area contributed by atoms with Gasteiger partial charge in [0.25, 0.3) is 0 Å². The van der Waals surface area contributed by atoms with E-state index in [1.807, 2.05) is 6.07 Å². The summed E-state index contributed by atoms with van der Waals surface area (Å²) in [6.07, 6.45) is 2.23. The fraction of sp³-hybridized carbons (Fsp3) is 0.636. The average molecular weight is 229 g/mol. The maximum absolute atomic E-state index is 5.60. The Morgan fingerprint density at radius 1 is 1.33 bits per heavy atom. The number of hydrogen-bond acceptors (Lipinski definition) is 3. The molecule has 1 heterocycles. The van der Waals surface area contributed by atoms with Gasteiger partial charge in [0.15, 0.2) is 0 Å². The molecule has 0 unspecified atom stereocenters. The third kappa shape index (κ3) is 4.98. The highest BCUT2D eigenvalue weighted by Crippen LogP contribution is 2.08. The Morgan fingerprint density at radius 2 is 2.13 bits per heavy atom. The van der Waals surface area contributed by atoms with Gasteiger partial charge in [0, 0.05) is 6.07 Å². The number of halogens is 1. The molecule has 3 nitrogen and oxygen atoms in total. The zero-order valence-corrected chi connectivity index (χ0v) is 10.00. The number of rotatable bonds is 6. The monoisotopic (exact) mass is 228 g/mol. The van der Waals surface area contributed by atoms with E-state index in [9.17, 15) is 0 Å². The van der Waals surface area contributed by atoms with E-state index in [0.29, 0.717) is 18.4 Å². The standard InChI is InChI=1S/C11H17ClN2O/c1-9(2)4-3-7-15-11-6-5-10(8-12)13-14-11/h5-6,9H,3-4,7-8H2,1-2H3. The Morgan fingerprint density at radius 3 is 2.67 bits per heavy atom. The van der Waals surface area contributed by atoms with Gasteiger partial charge in [-0.25, -0.2) is 0 Å². The molecule has 0 aliphatic carbocycles. The molecule has 0 aromatic carbocycles. The summed E-state index contributed by atoms with van der Waals surface area (Å²) in [6.45, 7) is 5.11. The molecule has 0 radical (unpaired) electrons. The minimum atomic E-state index is 0.390. The van der Waals surface area contributed by atoms with Gasteiger partial charge < -0.3 is 4.74 Å². The van der Waals surface area contributed by atoms with Gasteiger partial charge in [-0.2, -0.15) is 5.10 Å². The summed E-state index contributed by atoms with van der Waals surface area (Å²) < 4.78 is 5.44. The van der Waals surface area contributed by atoms with Gasteiger partial charge in [-0.1, -0.05) is 13.8 Å². The molecule has 0 amide bonds. The fourth-order valence-corrected chi connectivity index (χ4v) is 1.31. The molecular formula is C11H17ClN2O. The number of ether oxygens (including phenoxy) is 1. The van der Waals surface area contributed by atoms with Crippen molar-refractivity contribution < 1.29 is 4.74 Å². The minimum Gasteiger partial charge on any atom is -0.477 e. The van der Waals surface area contributed by atoms with E-state index in [2.05, 4.69) is 24.0 Å². The summed E-state index contributed by atoms with van der Waals surface area (Å²) in [5.41, 5.74) is 0.770. The number of hydrogen-bond donors (Lipinski definition) is 0. The van der Waals surface area contributed by atoms with E-state index in [0.717, 1.165) is 18.0 Å². The minimum absolute atomic E-state index is 0.390. The first kappa shape index (κ1) is 12.2. The van der Waals surface area contributed by atoms with Gasteiger partial charge in [0.05, 0.1) is 18.2 Å². The van der Waals surface area contributed by atoms with Crippen LogP contribution in [-0.4, -0.2) is 16.8 Å². The lowest BCUT2D eigenvalue weighted by Crippen LogP contribution is -2.02. The summed E-state index contributed by atoms with van der Waals surface area (Å²) in [7, 11) is 0. The van der Waals surface area contributed by atoms with Crippen molar-refractivity contribution in [2.45, 2.75) is 32.6 Å². The molecule has 0 saturated carbocycles. The van der Waals surface area contributed by atoms with Crippen molar-refractivity contribution in [2.24, 2.45) is 5.92 Å². The molecule has 0 N–H and O–H groups in total. The van der Waals surface area contributed by atoms with Gasteiger partial charge in [-0.3, -0.25) is 0 Å². The molecule has 84 valence electrons. The molecule has 0 aliphatic rings. The van der Waals surface area contributed by atoms with Crippen molar-refractivity contribution in [1.82, 2.24) is 10.2 Å². The van der Waals surface area contributed by atoms with Crippen LogP contribution in [0.2, 0.25) is 0 Å². The lowest BCUT2D eigenvalue weighted by atomic mass is 10.1. The van der Waals surface area contributed by atoms with Crippen molar-refractivity contribution >= 4 is 11.6 Å². The second kappa shape index (κ2) is 6.62. The first-order valence-corrected chi connectivity index (χ1v) is 5.77. The van der Waals surface area contributed by atoms with Crippen LogP contribution in [0.3, 0.4) is 0 Å². The molecule has 0 aliphatic heterocycles. The Hall–Kier alpha value is -0.830. The number of nitrogens with zero attached hydrogens (tertiary/aromatic N) is 2. The fourth-order valence-electron chi connectivity index (χ4n) is 1.16. The van der Waals surface area contributed by atoms with Gasteiger partial charge in [-0.05, 0) is 24.8 Å². The van der Waals surface area contributed by atoms with E-state index in [-0.39, 0.29) is 0 Å². The zero-order valence-electron chi connectivity index (χ0n) is 9.24. The lowest BCUT2D eigenvalue weighted by molar-refractivity contribution is 0.284. The van der Waals surface area contributed by atoms with Crippen molar-refractivity contribution in [1.29, 1.82) is 0 Å². The van der Waals surface area contributed by atoms with Gasteiger partial charge in [0.1, 0.15) is 0 Å². The van der Waals surface area contributed by atoms with Crippen molar-refractivity contribution in [3.63, 3.8) is 0 Å². The second-order valence-electron chi connectivity index (χ2n) is 3.88. The summed E-state index contributed by atoms with van der Waals surface area (Å²) in [4.78, 5) is 0. The van der Waals surface area contributed by atoms with E-state index in [1.54, 1.807) is 6.07 Å². The van der Waals surface area contributed by atoms with E-state index < -0.39 is 0 Å². The third-order valence-corrected chi connectivity index (χ3v) is 2.28.